The average Bonchev–Trinajstić information content (AvgIpc) is 3.08. The fourth-order valence-electron chi connectivity index (χ4n) is 3.27. The monoisotopic (exact) mass is 345 g/mol. The van der Waals surface area contributed by atoms with E-state index in [-0.39, 0.29) is 12.2 Å². The maximum absolute atomic E-state index is 10.4. The first-order valence-electron chi connectivity index (χ1n) is 8.76. The van der Waals surface area contributed by atoms with Crippen LogP contribution in [0.5, 0.6) is 0 Å². The third kappa shape index (κ3) is 5.89. The zero-order chi connectivity index (χ0) is 17.5. The van der Waals surface area contributed by atoms with E-state index in [1.165, 1.54) is 11.9 Å². The Kier molecular flexibility index (Phi) is 6.52. The van der Waals surface area contributed by atoms with Crippen LogP contribution in [0.15, 0.2) is 43.0 Å². The molecular weight excluding hydrogens is 318 g/mol. The molecule has 0 radical (unpaired) electrons. The van der Waals surface area contributed by atoms with E-state index in [2.05, 4.69) is 32.0 Å². The summed E-state index contributed by atoms with van der Waals surface area (Å²) in [4.78, 5) is 8.39. The van der Waals surface area contributed by atoms with Crippen LogP contribution in [0, 0.1) is 0 Å². The molecule has 7 nitrogen and oxygen atoms in total. The van der Waals surface area contributed by atoms with Crippen LogP contribution in [-0.2, 0) is 17.8 Å². The van der Waals surface area contributed by atoms with Gasteiger partial charge in [0.2, 0.25) is 0 Å². The Morgan fingerprint density at radius 2 is 2.20 bits per heavy atom. The smallest absolute Gasteiger partial charge is 0.137 e. The quantitative estimate of drug-likeness (QED) is 0.750. The second-order valence-corrected chi connectivity index (χ2v) is 6.71. The zero-order valence-corrected chi connectivity index (χ0v) is 14.7. The number of likely N-dealkylation sites (N-methyl/N-ethyl adjacent to an activating group) is 1. The molecule has 1 saturated heterocycles. The van der Waals surface area contributed by atoms with E-state index in [4.69, 9.17) is 4.74 Å². The molecule has 2 aromatic rings. The summed E-state index contributed by atoms with van der Waals surface area (Å²) in [5, 5.41) is 14.6. The minimum absolute atomic E-state index is 0.0877. The molecule has 0 spiro atoms. The van der Waals surface area contributed by atoms with Gasteiger partial charge in [-0.1, -0.05) is 30.3 Å². The summed E-state index contributed by atoms with van der Waals surface area (Å²) in [5.41, 5.74) is 1.26. The molecule has 25 heavy (non-hydrogen) atoms. The number of aliphatic hydroxyl groups is 1. The second kappa shape index (κ2) is 9.05. The third-order valence-corrected chi connectivity index (χ3v) is 4.37. The van der Waals surface area contributed by atoms with Gasteiger partial charge < -0.3 is 9.84 Å². The van der Waals surface area contributed by atoms with Crippen molar-refractivity contribution in [1.82, 2.24) is 24.6 Å². The lowest BCUT2D eigenvalue weighted by Gasteiger charge is -2.34. The Hall–Kier alpha value is -1.80. The maximum atomic E-state index is 10.4. The number of hydrogen-bond donors (Lipinski definition) is 1. The van der Waals surface area contributed by atoms with Crippen molar-refractivity contribution in [3.05, 3.63) is 48.5 Å². The minimum atomic E-state index is -0.376. The Morgan fingerprint density at radius 3 is 2.96 bits per heavy atom. The molecule has 0 saturated carbocycles. The summed E-state index contributed by atoms with van der Waals surface area (Å²) in [6.45, 7) is 5.20. The van der Waals surface area contributed by atoms with E-state index in [1.807, 2.05) is 25.2 Å². The number of benzene rings is 1. The van der Waals surface area contributed by atoms with Crippen molar-refractivity contribution in [1.29, 1.82) is 0 Å². The Labute approximate surface area is 148 Å². The Morgan fingerprint density at radius 1 is 1.36 bits per heavy atom. The van der Waals surface area contributed by atoms with Crippen molar-refractivity contribution >= 4 is 0 Å². The van der Waals surface area contributed by atoms with Crippen molar-refractivity contribution in [3.8, 4) is 0 Å². The molecule has 1 fully saturated rings. The zero-order valence-electron chi connectivity index (χ0n) is 14.7. The predicted molar refractivity (Wildman–Crippen MR) is 95.0 cm³/mol. The highest BCUT2D eigenvalue weighted by Gasteiger charge is 2.23. The van der Waals surface area contributed by atoms with Gasteiger partial charge >= 0.3 is 0 Å². The van der Waals surface area contributed by atoms with Gasteiger partial charge in [0.15, 0.2) is 0 Å². The van der Waals surface area contributed by atoms with Gasteiger partial charge in [-0.15, -0.1) is 0 Å². The number of nitrogens with zero attached hydrogens (tertiary/aromatic N) is 5. The highest BCUT2D eigenvalue weighted by atomic mass is 16.5. The van der Waals surface area contributed by atoms with Crippen LogP contribution in [0.25, 0.3) is 0 Å². The predicted octanol–water partition coefficient (Wildman–Crippen LogP) is 0.472. The highest BCUT2D eigenvalue weighted by Crippen LogP contribution is 2.09. The number of aromatic nitrogens is 3. The Bertz CT molecular complexity index is 607. The number of morpholine rings is 1. The molecule has 0 unspecified atom stereocenters. The summed E-state index contributed by atoms with van der Waals surface area (Å²) in [5.74, 6) is 0. The number of hydrogen-bond acceptors (Lipinski definition) is 6. The lowest BCUT2D eigenvalue weighted by molar-refractivity contribution is -0.0504. The van der Waals surface area contributed by atoms with Gasteiger partial charge in [0.25, 0.3) is 0 Å². The molecule has 1 N–H and O–H groups in total. The highest BCUT2D eigenvalue weighted by molar-refractivity contribution is 5.14. The molecule has 0 bridgehead atoms. The fraction of sp³-hybridized carbons (Fsp3) is 0.556. The first kappa shape index (κ1) is 18.0. The van der Waals surface area contributed by atoms with Gasteiger partial charge in [-0.3, -0.25) is 14.5 Å². The molecule has 0 aliphatic carbocycles. The first-order chi connectivity index (χ1) is 12.2. The maximum Gasteiger partial charge on any atom is 0.137 e. The van der Waals surface area contributed by atoms with Crippen LogP contribution >= 0.6 is 0 Å². The lowest BCUT2D eigenvalue weighted by Crippen LogP contribution is -2.48. The molecule has 7 heteroatoms. The molecule has 136 valence electrons. The largest absolute Gasteiger partial charge is 0.390 e. The summed E-state index contributed by atoms with van der Waals surface area (Å²) in [7, 11) is 2.04. The van der Waals surface area contributed by atoms with Crippen molar-refractivity contribution in [2.45, 2.75) is 25.3 Å². The summed E-state index contributed by atoms with van der Waals surface area (Å²) in [6.07, 6.45) is 2.95. The summed E-state index contributed by atoms with van der Waals surface area (Å²) >= 11 is 0. The van der Waals surface area contributed by atoms with Crippen LogP contribution in [-0.4, -0.2) is 81.7 Å². The van der Waals surface area contributed by atoms with Crippen LogP contribution in [0.4, 0.5) is 0 Å². The average molecular weight is 345 g/mol. The second-order valence-electron chi connectivity index (χ2n) is 6.71. The van der Waals surface area contributed by atoms with Gasteiger partial charge in [0.1, 0.15) is 12.7 Å². The van der Waals surface area contributed by atoms with Gasteiger partial charge in [0.05, 0.1) is 25.4 Å². The number of rotatable bonds is 8. The molecule has 1 aromatic heterocycles. The van der Waals surface area contributed by atoms with Gasteiger partial charge in [-0.25, -0.2) is 4.98 Å². The van der Waals surface area contributed by atoms with Crippen molar-refractivity contribution in [2.24, 2.45) is 0 Å². The van der Waals surface area contributed by atoms with E-state index in [1.54, 1.807) is 11.0 Å². The number of aliphatic hydroxyl groups excluding tert-OH is 1. The van der Waals surface area contributed by atoms with Crippen LogP contribution in [0.2, 0.25) is 0 Å². The molecule has 1 aliphatic heterocycles. The summed E-state index contributed by atoms with van der Waals surface area (Å²) < 4.78 is 7.59. The van der Waals surface area contributed by atoms with E-state index in [0.717, 1.165) is 19.6 Å². The molecule has 0 amide bonds. The van der Waals surface area contributed by atoms with Gasteiger partial charge in [0, 0.05) is 32.7 Å². The van der Waals surface area contributed by atoms with Crippen LogP contribution in [0.1, 0.15) is 5.56 Å². The lowest BCUT2D eigenvalue weighted by atomic mass is 10.2. The minimum Gasteiger partial charge on any atom is -0.390 e. The SMILES string of the molecule is CN(Cc1ccccc1)C[C@H](O)CN1CCO[C@H](Cn2cncn2)C1. The van der Waals surface area contributed by atoms with Crippen molar-refractivity contribution in [3.63, 3.8) is 0 Å². The van der Waals surface area contributed by atoms with Gasteiger partial charge in [-0.2, -0.15) is 5.10 Å². The third-order valence-electron chi connectivity index (χ3n) is 4.37. The standard InChI is InChI=1S/C18H27N5O2/c1-21(9-16-5-3-2-4-6-16)10-17(24)11-22-7-8-25-18(12-22)13-23-15-19-14-20-23/h2-6,14-15,17-18,24H,7-13H2,1H3/t17-,18-/m0/s1. The molecule has 1 aliphatic rings. The summed E-state index contributed by atoms with van der Waals surface area (Å²) in [6, 6.07) is 10.3. The number of ether oxygens (including phenoxy) is 1. The number of β-amino-alcohol motifs (C(OH)–C–C–N with tert-alkyl or cyclic N) is 1. The first-order valence-corrected chi connectivity index (χ1v) is 8.76. The molecule has 2 heterocycles. The van der Waals surface area contributed by atoms with Crippen LogP contribution in [0.3, 0.4) is 0 Å². The van der Waals surface area contributed by atoms with E-state index < -0.39 is 0 Å². The Balaban J connectivity index is 1.41. The molecule has 1 aromatic carbocycles. The van der Waals surface area contributed by atoms with E-state index in [0.29, 0.717) is 26.2 Å². The van der Waals surface area contributed by atoms with Crippen molar-refractivity contribution in [2.75, 3.05) is 39.8 Å². The van der Waals surface area contributed by atoms with E-state index >= 15 is 0 Å². The molecule has 2 atom stereocenters. The molecule has 3 rings (SSSR count). The normalized spacial score (nSPS) is 20.0. The van der Waals surface area contributed by atoms with Crippen LogP contribution < -0.4 is 0 Å². The topological polar surface area (TPSA) is 66.7 Å². The van der Waals surface area contributed by atoms with E-state index in [9.17, 15) is 5.11 Å². The fourth-order valence-corrected chi connectivity index (χ4v) is 3.27. The van der Waals surface area contributed by atoms with Gasteiger partial charge in [-0.05, 0) is 12.6 Å². The van der Waals surface area contributed by atoms with Crippen molar-refractivity contribution < 1.29 is 9.84 Å². The molecular formula is C18H27N5O2.